The molecule has 0 bridgehead atoms. The van der Waals surface area contributed by atoms with Gasteiger partial charge in [0.25, 0.3) is 5.91 Å². The Bertz CT molecular complexity index is 2540. The monoisotopic (exact) mass is 952 g/mol. The number of hydrogen-bond acceptors (Lipinski definition) is 12. The number of pyridine rings is 1. The minimum Gasteiger partial charge on any atom is -0.495 e. The van der Waals surface area contributed by atoms with Crippen LogP contribution in [0.25, 0.3) is 22.0 Å². The molecule has 61 heavy (non-hydrogen) atoms. The van der Waals surface area contributed by atoms with Gasteiger partial charge < -0.3 is 42.4 Å². The van der Waals surface area contributed by atoms with Gasteiger partial charge in [0.1, 0.15) is 29.2 Å². The molecule has 1 aliphatic rings. The van der Waals surface area contributed by atoms with E-state index in [0.29, 0.717) is 44.9 Å². The summed E-state index contributed by atoms with van der Waals surface area (Å²) in [6.07, 6.45) is 5.63. The molecule has 0 radical (unpaired) electrons. The van der Waals surface area contributed by atoms with Gasteiger partial charge in [0.15, 0.2) is 5.78 Å². The predicted molar refractivity (Wildman–Crippen MR) is 241 cm³/mol. The fourth-order valence-corrected chi connectivity index (χ4v) is 7.77. The number of carbonyl (C=O) groups excluding carboxylic acids is 3. The lowest BCUT2D eigenvalue weighted by Gasteiger charge is -2.17. The molecule has 6 aromatic rings. The number of Topliss-reactive ketones (excluding diaryl/α,β-unsaturated/α-hetero) is 1. The molecule has 1 fully saturated rings. The first-order valence-corrected chi connectivity index (χ1v) is 20.0. The van der Waals surface area contributed by atoms with Crippen molar-refractivity contribution in [1.82, 2.24) is 19.9 Å². The molecule has 0 saturated carbocycles. The van der Waals surface area contributed by atoms with E-state index in [2.05, 4.69) is 59.5 Å². The van der Waals surface area contributed by atoms with Crippen molar-refractivity contribution in [1.29, 1.82) is 0 Å². The fraction of sp³-hybridized carbons (Fsp3) is 0.159. The van der Waals surface area contributed by atoms with Crippen LogP contribution >= 0.6 is 31.9 Å². The van der Waals surface area contributed by atoms with Crippen LogP contribution in [0.4, 0.5) is 17.2 Å². The van der Waals surface area contributed by atoms with E-state index in [9.17, 15) is 19.2 Å². The van der Waals surface area contributed by atoms with Crippen LogP contribution in [0, 0.1) is 0 Å². The number of methoxy groups -OCH3 is 2. The van der Waals surface area contributed by atoms with Crippen LogP contribution in [0.3, 0.4) is 0 Å². The summed E-state index contributed by atoms with van der Waals surface area (Å²) in [4.78, 5) is 61.3. The van der Waals surface area contributed by atoms with Crippen LogP contribution in [0.2, 0.25) is 0 Å². The van der Waals surface area contributed by atoms with Gasteiger partial charge in [0, 0.05) is 45.4 Å². The SMILES string of the molecule is C=CC(=O)N1CCC(c2ccc(-c3ccc(C(=O)Cc4ccccn4)cc3)c3c(N)ncnc23)C1.COc1ccc(Br)c(C(=O)O)c1N.COc1ccc(Br)c(C(N)=O)c1N. The number of ketones is 1. The Morgan fingerprint density at radius 2 is 1.49 bits per heavy atom. The van der Waals surface area contributed by atoms with Crippen LogP contribution < -0.4 is 32.4 Å². The average molecular weight is 955 g/mol. The molecule has 314 valence electrons. The van der Waals surface area contributed by atoms with Crippen LogP contribution in [0.15, 0.2) is 113 Å². The number of halogens is 2. The Morgan fingerprint density at radius 1 is 0.852 bits per heavy atom. The molecule has 17 heteroatoms. The smallest absolute Gasteiger partial charge is 0.339 e. The highest BCUT2D eigenvalue weighted by molar-refractivity contribution is 9.10. The van der Waals surface area contributed by atoms with Gasteiger partial charge in [-0.2, -0.15) is 0 Å². The zero-order valence-corrected chi connectivity index (χ0v) is 36.3. The number of carbonyl (C=O) groups is 4. The zero-order valence-electron chi connectivity index (χ0n) is 33.1. The third kappa shape index (κ3) is 10.5. The van der Waals surface area contributed by atoms with Crippen molar-refractivity contribution in [3.05, 3.63) is 141 Å². The minimum absolute atomic E-state index is 0.0122. The van der Waals surface area contributed by atoms with Gasteiger partial charge >= 0.3 is 5.97 Å². The number of fused-ring (bicyclic) bond motifs is 1. The molecular weight excluding hydrogens is 912 g/mol. The number of aromatic nitrogens is 3. The summed E-state index contributed by atoms with van der Waals surface area (Å²) in [5.74, 6) is -0.335. The summed E-state index contributed by atoms with van der Waals surface area (Å²) in [6, 6.07) is 23.7. The summed E-state index contributed by atoms with van der Waals surface area (Å²) in [5.41, 5.74) is 28.4. The highest BCUT2D eigenvalue weighted by Crippen LogP contribution is 2.38. The second-order valence-corrected chi connectivity index (χ2v) is 15.1. The third-order valence-electron chi connectivity index (χ3n) is 9.76. The summed E-state index contributed by atoms with van der Waals surface area (Å²) in [5, 5.41) is 9.58. The van der Waals surface area contributed by atoms with Crippen molar-refractivity contribution in [3.63, 3.8) is 0 Å². The normalized spacial score (nSPS) is 12.9. The first kappa shape index (κ1) is 45.2. The molecule has 4 aromatic carbocycles. The van der Waals surface area contributed by atoms with Crippen molar-refractivity contribution >= 4 is 83.5 Å². The highest BCUT2D eigenvalue weighted by Gasteiger charge is 2.28. The molecule has 1 unspecified atom stereocenters. The number of amides is 2. The lowest BCUT2D eigenvalue weighted by atomic mass is 9.91. The number of aromatic carboxylic acids is 1. The number of carboxylic acid groups (broad SMARTS) is 1. The number of rotatable bonds is 10. The molecule has 2 amide bonds. The van der Waals surface area contributed by atoms with Gasteiger partial charge in [0.05, 0.1) is 48.5 Å². The number of likely N-dealkylation sites (tertiary alicyclic amines) is 1. The molecule has 1 saturated heterocycles. The van der Waals surface area contributed by atoms with E-state index in [4.69, 9.17) is 37.5 Å². The van der Waals surface area contributed by atoms with Gasteiger partial charge in [-0.25, -0.2) is 14.8 Å². The Kier molecular flexibility index (Phi) is 15.1. The van der Waals surface area contributed by atoms with Crippen molar-refractivity contribution in [3.8, 4) is 22.6 Å². The van der Waals surface area contributed by atoms with E-state index < -0.39 is 11.9 Å². The average Bonchev–Trinajstić information content (AvgIpc) is 3.74. The molecule has 9 N–H and O–H groups in total. The van der Waals surface area contributed by atoms with E-state index >= 15 is 0 Å². The summed E-state index contributed by atoms with van der Waals surface area (Å²) >= 11 is 6.27. The Labute approximate surface area is 368 Å². The van der Waals surface area contributed by atoms with Crippen molar-refractivity contribution < 1.29 is 33.8 Å². The molecule has 1 atom stereocenters. The predicted octanol–water partition coefficient (Wildman–Crippen LogP) is 7.08. The lowest BCUT2D eigenvalue weighted by Crippen LogP contribution is -2.26. The summed E-state index contributed by atoms with van der Waals surface area (Å²) < 4.78 is 10.8. The van der Waals surface area contributed by atoms with E-state index in [1.165, 1.54) is 26.6 Å². The molecule has 0 aliphatic carbocycles. The van der Waals surface area contributed by atoms with Crippen LogP contribution in [0.1, 0.15) is 54.7 Å². The molecule has 1 aliphatic heterocycles. The van der Waals surface area contributed by atoms with Gasteiger partial charge in [-0.05, 0) is 97.4 Å². The van der Waals surface area contributed by atoms with E-state index in [1.54, 1.807) is 30.5 Å². The molecule has 3 heterocycles. The van der Waals surface area contributed by atoms with E-state index in [-0.39, 0.29) is 46.5 Å². The first-order chi connectivity index (χ1) is 29.2. The summed E-state index contributed by atoms with van der Waals surface area (Å²) in [6.45, 7) is 4.90. The number of benzene rings is 4. The highest BCUT2D eigenvalue weighted by atomic mass is 79.9. The topological polar surface area (TPSA) is 253 Å². The van der Waals surface area contributed by atoms with Crippen molar-refractivity contribution in [2.45, 2.75) is 18.8 Å². The maximum atomic E-state index is 12.7. The zero-order chi connectivity index (χ0) is 44.4. The van der Waals surface area contributed by atoms with Crippen molar-refractivity contribution in [2.75, 3.05) is 44.5 Å². The Morgan fingerprint density at radius 3 is 2.07 bits per heavy atom. The standard InChI is InChI=1S/C28H25N5O2.C8H9BrN2O2.C8H8BrNO3/c1-2-25(35)33-14-12-20(16-33)23-11-10-22(26-27(23)31-17-32-28(26)29)18-6-8-19(9-7-18)24(34)15-21-5-3-4-13-30-21;2*1-13-5-3-2-4(9)6(7(5)10)8(11)12/h2-11,13,17,20H,1,12,14-16H2,(H2,29,31,32);2-3H,10H2,1H3,(H2,11,12);2-3H,10H2,1H3,(H,11,12). The number of nitrogens with zero attached hydrogens (tertiary/aromatic N) is 4. The number of carboxylic acids is 1. The minimum atomic E-state index is -1.08. The Hall–Kier alpha value is -6.85. The summed E-state index contributed by atoms with van der Waals surface area (Å²) in [7, 11) is 2.91. The molecular formula is C44H42Br2N8O7. The molecule has 0 spiro atoms. The Balaban J connectivity index is 0.000000221. The number of ether oxygens (including phenoxy) is 2. The molecule has 15 nitrogen and oxygen atoms in total. The second kappa shape index (κ2) is 20.4. The first-order valence-electron chi connectivity index (χ1n) is 18.5. The van der Waals surface area contributed by atoms with Crippen LogP contribution in [0.5, 0.6) is 11.5 Å². The number of primary amides is 1. The second-order valence-electron chi connectivity index (χ2n) is 13.4. The molecule has 7 rings (SSSR count). The maximum absolute atomic E-state index is 12.7. The van der Waals surface area contributed by atoms with Gasteiger partial charge in [-0.15, -0.1) is 0 Å². The van der Waals surface area contributed by atoms with Gasteiger partial charge in [0.2, 0.25) is 5.91 Å². The third-order valence-corrected chi connectivity index (χ3v) is 11.1. The van der Waals surface area contributed by atoms with Crippen LogP contribution in [-0.4, -0.2) is 75.8 Å². The van der Waals surface area contributed by atoms with Crippen LogP contribution in [-0.2, 0) is 11.2 Å². The fourth-order valence-electron chi connectivity index (χ4n) is 6.71. The van der Waals surface area contributed by atoms with E-state index in [0.717, 1.165) is 39.7 Å². The van der Waals surface area contributed by atoms with E-state index in [1.807, 2.05) is 53.4 Å². The number of nitrogens with two attached hydrogens (primary N) is 4. The number of anilines is 3. The largest absolute Gasteiger partial charge is 0.495 e. The van der Waals surface area contributed by atoms with Crippen molar-refractivity contribution in [2.24, 2.45) is 5.73 Å². The van der Waals surface area contributed by atoms with Gasteiger partial charge in [-0.3, -0.25) is 19.4 Å². The molecule has 2 aromatic heterocycles. The maximum Gasteiger partial charge on any atom is 0.339 e. The quantitative estimate of drug-likeness (QED) is 0.0524. The lowest BCUT2D eigenvalue weighted by molar-refractivity contribution is -0.125. The number of hydrogen-bond donors (Lipinski definition) is 5. The number of nitrogen functional groups attached to an aromatic ring is 3. The van der Waals surface area contributed by atoms with Gasteiger partial charge in [-0.1, -0.05) is 49.0 Å².